The number of hydrogen-bond donors (Lipinski definition) is 4. The Morgan fingerprint density at radius 3 is 3.08 bits per heavy atom. The van der Waals surface area contributed by atoms with E-state index >= 15 is 0 Å². The molecule has 0 radical (unpaired) electrons. The molecule has 3 heterocycles. The lowest BCUT2D eigenvalue weighted by molar-refractivity contribution is -0.118. The Kier molecular flexibility index (Phi) is 3.78. The van der Waals surface area contributed by atoms with Crippen LogP contribution >= 0.6 is 11.3 Å². The van der Waals surface area contributed by atoms with Crippen molar-refractivity contribution in [1.29, 1.82) is 0 Å². The molecule has 0 unspecified atom stereocenters. The number of benzene rings is 1. The summed E-state index contributed by atoms with van der Waals surface area (Å²) in [6.07, 6.45) is 3.19. The summed E-state index contributed by atoms with van der Waals surface area (Å²) in [5.74, 6) is 0.326. The van der Waals surface area contributed by atoms with Gasteiger partial charge in [-0.25, -0.2) is 9.78 Å². The number of hydrogen-bond acceptors (Lipinski definition) is 6. The van der Waals surface area contributed by atoms with E-state index in [1.807, 2.05) is 5.38 Å². The van der Waals surface area contributed by atoms with Gasteiger partial charge >= 0.3 is 6.03 Å². The molecule has 4 rings (SSSR count). The topological polar surface area (TPSA) is 121 Å². The zero-order valence-electron chi connectivity index (χ0n) is 12.7. The molecule has 0 saturated carbocycles. The molecule has 0 fully saturated rings. The van der Waals surface area contributed by atoms with Gasteiger partial charge in [-0.3, -0.25) is 9.89 Å². The van der Waals surface area contributed by atoms with Crippen LogP contribution in [0.2, 0.25) is 0 Å². The van der Waals surface area contributed by atoms with Crippen molar-refractivity contribution in [1.82, 2.24) is 15.2 Å². The zero-order valence-corrected chi connectivity index (χ0v) is 13.5. The van der Waals surface area contributed by atoms with Crippen molar-refractivity contribution in [2.75, 3.05) is 22.6 Å². The van der Waals surface area contributed by atoms with Crippen LogP contribution in [0.3, 0.4) is 0 Å². The molecule has 4 N–H and O–H groups in total. The molecule has 0 bridgehead atoms. The third-order valence-electron chi connectivity index (χ3n) is 3.40. The predicted octanol–water partition coefficient (Wildman–Crippen LogP) is 2.51. The standard InChI is InChI=1S/C15H12N6O3S/c22-12-7-24-11-2-1-8(5-9(11)19-12)18-15(23)20-10-6-17-21-13(10)14-16-3-4-25-14/h1-6H,7H2,(H,17,21)(H,19,22)(H2,18,20,23). The molecular weight excluding hydrogens is 344 g/mol. The van der Waals surface area contributed by atoms with Gasteiger partial charge in [0.25, 0.3) is 5.91 Å². The largest absolute Gasteiger partial charge is 0.482 e. The Morgan fingerprint density at radius 1 is 1.32 bits per heavy atom. The van der Waals surface area contributed by atoms with Gasteiger partial charge in [0, 0.05) is 17.3 Å². The molecule has 126 valence electrons. The van der Waals surface area contributed by atoms with Crippen LogP contribution in [0.1, 0.15) is 0 Å². The number of amides is 3. The van der Waals surface area contributed by atoms with Gasteiger partial charge in [-0.05, 0) is 18.2 Å². The Morgan fingerprint density at radius 2 is 2.24 bits per heavy atom. The molecule has 1 aliphatic rings. The number of carbonyl (C=O) groups excluding carboxylic acids is 2. The summed E-state index contributed by atoms with van der Waals surface area (Å²) >= 11 is 1.43. The van der Waals surface area contributed by atoms with E-state index in [0.717, 1.165) is 5.01 Å². The van der Waals surface area contributed by atoms with Crippen LogP contribution in [-0.4, -0.2) is 33.7 Å². The van der Waals surface area contributed by atoms with E-state index in [-0.39, 0.29) is 12.5 Å². The van der Waals surface area contributed by atoms with Gasteiger partial charge in [0.15, 0.2) is 6.61 Å². The van der Waals surface area contributed by atoms with E-state index in [1.165, 1.54) is 17.5 Å². The molecule has 1 aliphatic heterocycles. The molecule has 2 aromatic heterocycles. The van der Waals surface area contributed by atoms with Gasteiger partial charge in [-0.15, -0.1) is 11.3 Å². The van der Waals surface area contributed by atoms with E-state index in [4.69, 9.17) is 4.74 Å². The second kappa shape index (κ2) is 6.24. The molecule has 0 atom stereocenters. The Bertz CT molecular complexity index is 937. The first-order valence-corrected chi connectivity index (χ1v) is 8.15. The van der Waals surface area contributed by atoms with Crippen LogP contribution < -0.4 is 20.7 Å². The average Bonchev–Trinajstić information content (AvgIpc) is 3.25. The van der Waals surface area contributed by atoms with E-state index in [9.17, 15) is 9.59 Å². The smallest absolute Gasteiger partial charge is 0.323 e. The summed E-state index contributed by atoms with van der Waals surface area (Å²) in [7, 11) is 0. The maximum atomic E-state index is 12.2. The van der Waals surface area contributed by atoms with E-state index in [0.29, 0.717) is 28.5 Å². The van der Waals surface area contributed by atoms with Gasteiger partial charge in [-0.2, -0.15) is 5.10 Å². The SMILES string of the molecule is O=C1COc2ccc(NC(=O)Nc3cn[nH]c3-c3nccs3)cc2N1. The van der Waals surface area contributed by atoms with Gasteiger partial charge in [0.1, 0.15) is 16.5 Å². The normalized spacial score (nSPS) is 12.7. The first-order valence-electron chi connectivity index (χ1n) is 7.27. The lowest BCUT2D eigenvalue weighted by atomic mass is 10.2. The highest BCUT2D eigenvalue weighted by molar-refractivity contribution is 7.13. The molecular formula is C15H12N6O3S. The highest BCUT2D eigenvalue weighted by Gasteiger charge is 2.17. The molecule has 0 saturated heterocycles. The van der Waals surface area contributed by atoms with E-state index in [1.54, 1.807) is 24.4 Å². The third kappa shape index (κ3) is 3.15. The fraction of sp³-hybridized carbons (Fsp3) is 0.0667. The monoisotopic (exact) mass is 356 g/mol. The zero-order chi connectivity index (χ0) is 17.2. The van der Waals surface area contributed by atoms with Crippen molar-refractivity contribution in [2.45, 2.75) is 0 Å². The molecule has 0 aliphatic carbocycles. The summed E-state index contributed by atoms with van der Waals surface area (Å²) in [6.45, 7) is -0.0136. The maximum absolute atomic E-state index is 12.2. The molecule has 3 aromatic rings. The fourth-order valence-corrected chi connectivity index (χ4v) is 2.98. The summed E-state index contributed by atoms with van der Waals surface area (Å²) in [4.78, 5) is 27.8. The number of ether oxygens (including phenoxy) is 1. The fourth-order valence-electron chi connectivity index (χ4n) is 2.34. The minimum Gasteiger partial charge on any atom is -0.482 e. The van der Waals surface area contributed by atoms with Crippen molar-refractivity contribution in [3.63, 3.8) is 0 Å². The van der Waals surface area contributed by atoms with E-state index in [2.05, 4.69) is 31.1 Å². The van der Waals surface area contributed by atoms with Crippen molar-refractivity contribution >= 4 is 40.3 Å². The number of carbonyl (C=O) groups is 2. The van der Waals surface area contributed by atoms with Crippen LogP contribution in [0, 0.1) is 0 Å². The molecule has 25 heavy (non-hydrogen) atoms. The number of rotatable bonds is 3. The second-order valence-electron chi connectivity index (χ2n) is 5.12. The first-order chi connectivity index (χ1) is 12.2. The number of aromatic amines is 1. The summed E-state index contributed by atoms with van der Waals surface area (Å²) in [5, 5.41) is 17.4. The van der Waals surface area contributed by atoms with Crippen molar-refractivity contribution in [2.24, 2.45) is 0 Å². The summed E-state index contributed by atoms with van der Waals surface area (Å²) in [5.41, 5.74) is 2.18. The minimum absolute atomic E-state index is 0.0136. The quantitative estimate of drug-likeness (QED) is 0.574. The van der Waals surface area contributed by atoms with Crippen molar-refractivity contribution in [3.05, 3.63) is 36.0 Å². The highest BCUT2D eigenvalue weighted by atomic mass is 32.1. The Hall–Kier alpha value is -3.40. The average molecular weight is 356 g/mol. The minimum atomic E-state index is -0.442. The number of nitrogens with one attached hydrogen (secondary N) is 4. The predicted molar refractivity (Wildman–Crippen MR) is 92.9 cm³/mol. The van der Waals surface area contributed by atoms with E-state index < -0.39 is 6.03 Å². The molecule has 3 amide bonds. The molecule has 10 heteroatoms. The Balaban J connectivity index is 1.48. The maximum Gasteiger partial charge on any atom is 0.323 e. The van der Waals surface area contributed by atoms with Crippen LogP contribution in [0.4, 0.5) is 21.9 Å². The number of fused-ring (bicyclic) bond motifs is 1. The number of urea groups is 1. The van der Waals surface area contributed by atoms with Gasteiger partial charge in [0.05, 0.1) is 17.6 Å². The number of nitrogens with zero attached hydrogens (tertiary/aromatic N) is 2. The number of H-pyrrole nitrogens is 1. The number of thiazole rings is 1. The van der Waals surface area contributed by atoms with Gasteiger partial charge < -0.3 is 20.7 Å². The van der Waals surface area contributed by atoms with Crippen molar-refractivity contribution in [3.8, 4) is 16.5 Å². The number of aromatic nitrogens is 3. The lowest BCUT2D eigenvalue weighted by Crippen LogP contribution is -2.25. The van der Waals surface area contributed by atoms with Crippen LogP contribution in [0.5, 0.6) is 5.75 Å². The lowest BCUT2D eigenvalue weighted by Gasteiger charge is -2.18. The van der Waals surface area contributed by atoms with Crippen LogP contribution in [-0.2, 0) is 4.79 Å². The molecule has 1 aromatic carbocycles. The van der Waals surface area contributed by atoms with Gasteiger partial charge in [-0.1, -0.05) is 0 Å². The van der Waals surface area contributed by atoms with Crippen molar-refractivity contribution < 1.29 is 14.3 Å². The summed E-state index contributed by atoms with van der Waals surface area (Å²) < 4.78 is 5.28. The number of anilines is 3. The first kappa shape index (κ1) is 15.1. The van der Waals surface area contributed by atoms with Crippen LogP contribution in [0.25, 0.3) is 10.7 Å². The Labute approximate surface area is 145 Å². The molecule has 9 nitrogen and oxygen atoms in total. The van der Waals surface area contributed by atoms with Gasteiger partial charge in [0.2, 0.25) is 0 Å². The second-order valence-corrected chi connectivity index (χ2v) is 6.02. The van der Waals surface area contributed by atoms with Crippen LogP contribution in [0.15, 0.2) is 36.0 Å². The third-order valence-corrected chi connectivity index (χ3v) is 4.19. The molecule has 0 spiro atoms. The summed E-state index contributed by atoms with van der Waals surface area (Å²) in [6, 6.07) is 4.56. The highest BCUT2D eigenvalue weighted by Crippen LogP contribution is 2.31.